The monoisotopic (exact) mass is 386 g/mol. The lowest BCUT2D eigenvalue weighted by atomic mass is 10.0. The van der Waals surface area contributed by atoms with E-state index in [-0.39, 0.29) is 11.6 Å². The number of nitrogens with zero attached hydrogens (tertiary/aromatic N) is 2. The van der Waals surface area contributed by atoms with Crippen molar-refractivity contribution < 1.29 is 9.18 Å². The first kappa shape index (κ1) is 17.8. The van der Waals surface area contributed by atoms with Crippen LogP contribution in [0.2, 0.25) is 5.02 Å². The number of aromatic nitrogens is 2. The number of carbonyl (C=O) groups excluding carboxylic acids is 1. The Kier molecular flexibility index (Phi) is 4.30. The highest BCUT2D eigenvalue weighted by Gasteiger charge is 2.39. The van der Waals surface area contributed by atoms with Gasteiger partial charge in [-0.1, -0.05) is 23.7 Å². The van der Waals surface area contributed by atoms with Gasteiger partial charge in [-0.3, -0.25) is 4.79 Å². The van der Waals surface area contributed by atoms with Crippen LogP contribution in [0.15, 0.2) is 42.7 Å². The molecule has 3 aromatic rings. The molecule has 0 saturated heterocycles. The lowest BCUT2D eigenvalue weighted by Crippen LogP contribution is -2.36. The van der Waals surface area contributed by atoms with Crippen LogP contribution in [0.3, 0.4) is 0 Å². The van der Waals surface area contributed by atoms with Gasteiger partial charge in [-0.25, -0.2) is 8.91 Å². The number of alkyl halides is 1. The van der Waals surface area contributed by atoms with Crippen molar-refractivity contribution in [1.82, 2.24) is 9.61 Å². The summed E-state index contributed by atoms with van der Waals surface area (Å²) in [6.45, 7) is 1.59. The standard InChI is InChI=1S/C20H20ClFN4O/c1-20(22)8-2-3-17(20)25-18-15(19(23)27)10-24-26-11-13(9-16(18)26)12-4-6-14(21)7-5-12/h4-7,9-11,17,25H,2-3,8H2,1H3,(H2,23,27)/t17-,20+/m1/s1. The molecule has 1 aliphatic carbocycles. The summed E-state index contributed by atoms with van der Waals surface area (Å²) in [6.07, 6.45) is 5.28. The third-order valence-electron chi connectivity index (χ3n) is 5.28. The maximum Gasteiger partial charge on any atom is 0.252 e. The number of rotatable bonds is 4. The molecule has 0 radical (unpaired) electrons. The third-order valence-corrected chi connectivity index (χ3v) is 5.54. The van der Waals surface area contributed by atoms with E-state index in [0.29, 0.717) is 29.1 Å². The first-order valence-electron chi connectivity index (χ1n) is 8.88. The van der Waals surface area contributed by atoms with Crippen molar-refractivity contribution in [3.05, 3.63) is 53.3 Å². The van der Waals surface area contributed by atoms with Crippen LogP contribution in [0.25, 0.3) is 16.6 Å². The Morgan fingerprint density at radius 3 is 2.74 bits per heavy atom. The van der Waals surface area contributed by atoms with E-state index >= 15 is 0 Å². The average molecular weight is 387 g/mol. The van der Waals surface area contributed by atoms with Gasteiger partial charge in [0, 0.05) is 16.8 Å². The molecular formula is C20H20ClFN4O. The molecule has 1 fully saturated rings. The van der Waals surface area contributed by atoms with Crippen LogP contribution < -0.4 is 11.1 Å². The highest BCUT2D eigenvalue weighted by Crippen LogP contribution is 2.37. The highest BCUT2D eigenvalue weighted by molar-refractivity contribution is 6.30. The SMILES string of the molecule is C[C@]1(F)CCC[C@H]1Nc1c(C(N)=O)cnn2cc(-c3ccc(Cl)cc3)cc12. The Morgan fingerprint density at radius 1 is 1.37 bits per heavy atom. The number of carbonyl (C=O) groups is 1. The van der Waals surface area contributed by atoms with Gasteiger partial charge in [0.25, 0.3) is 5.91 Å². The Balaban J connectivity index is 1.82. The molecule has 27 heavy (non-hydrogen) atoms. The fraction of sp³-hybridized carbons (Fsp3) is 0.300. The second-order valence-electron chi connectivity index (χ2n) is 7.23. The molecule has 3 N–H and O–H groups in total. The molecule has 7 heteroatoms. The number of nitrogens with one attached hydrogen (secondary N) is 1. The molecule has 0 bridgehead atoms. The van der Waals surface area contributed by atoms with Gasteiger partial charge in [-0.2, -0.15) is 5.10 Å². The zero-order valence-corrected chi connectivity index (χ0v) is 15.6. The van der Waals surface area contributed by atoms with E-state index in [0.717, 1.165) is 17.5 Å². The fourth-order valence-corrected chi connectivity index (χ4v) is 3.85. The van der Waals surface area contributed by atoms with E-state index < -0.39 is 11.6 Å². The van der Waals surface area contributed by atoms with Crippen molar-refractivity contribution in [1.29, 1.82) is 0 Å². The lowest BCUT2D eigenvalue weighted by molar-refractivity contribution is 0.1000. The smallest absolute Gasteiger partial charge is 0.252 e. The van der Waals surface area contributed by atoms with Gasteiger partial charge in [0.1, 0.15) is 5.67 Å². The lowest BCUT2D eigenvalue weighted by Gasteiger charge is -2.26. The minimum Gasteiger partial charge on any atom is -0.377 e. The van der Waals surface area contributed by atoms with E-state index in [4.69, 9.17) is 17.3 Å². The zero-order chi connectivity index (χ0) is 19.2. The largest absolute Gasteiger partial charge is 0.377 e. The highest BCUT2D eigenvalue weighted by atomic mass is 35.5. The van der Waals surface area contributed by atoms with E-state index in [1.807, 2.05) is 36.5 Å². The zero-order valence-electron chi connectivity index (χ0n) is 14.9. The van der Waals surface area contributed by atoms with E-state index in [9.17, 15) is 9.18 Å². The number of fused-ring (bicyclic) bond motifs is 1. The third kappa shape index (κ3) is 3.25. The van der Waals surface area contributed by atoms with Gasteiger partial charge >= 0.3 is 0 Å². The Bertz CT molecular complexity index is 1010. The quantitative estimate of drug-likeness (QED) is 0.695. The summed E-state index contributed by atoms with van der Waals surface area (Å²) >= 11 is 5.97. The van der Waals surface area contributed by atoms with Gasteiger partial charge < -0.3 is 11.1 Å². The number of amides is 1. The maximum absolute atomic E-state index is 14.8. The number of anilines is 1. The summed E-state index contributed by atoms with van der Waals surface area (Å²) in [5, 5.41) is 8.19. The molecule has 1 aromatic carbocycles. The van der Waals surface area contributed by atoms with Crippen LogP contribution in [0.1, 0.15) is 36.5 Å². The van der Waals surface area contributed by atoms with Gasteiger partial charge in [0.05, 0.1) is 29.0 Å². The molecule has 0 unspecified atom stereocenters. The van der Waals surface area contributed by atoms with Crippen molar-refractivity contribution >= 4 is 28.7 Å². The number of halogens is 2. The number of primary amides is 1. The second kappa shape index (κ2) is 6.53. The van der Waals surface area contributed by atoms with Crippen LogP contribution >= 0.6 is 11.6 Å². The Hall–Kier alpha value is -2.60. The second-order valence-corrected chi connectivity index (χ2v) is 7.67. The van der Waals surface area contributed by atoms with Gasteiger partial charge in [0.15, 0.2) is 0 Å². The van der Waals surface area contributed by atoms with E-state index in [1.54, 1.807) is 11.4 Å². The maximum atomic E-state index is 14.8. The molecule has 1 aliphatic rings. The molecule has 140 valence electrons. The summed E-state index contributed by atoms with van der Waals surface area (Å²) < 4.78 is 16.5. The van der Waals surface area contributed by atoms with Crippen LogP contribution in [0.4, 0.5) is 10.1 Å². The van der Waals surface area contributed by atoms with Crippen molar-refractivity contribution in [3.8, 4) is 11.1 Å². The summed E-state index contributed by atoms with van der Waals surface area (Å²) in [6, 6.07) is 8.98. The fourth-order valence-electron chi connectivity index (χ4n) is 3.72. The number of benzene rings is 1. The predicted molar refractivity (Wildman–Crippen MR) is 105 cm³/mol. The molecule has 0 spiro atoms. The summed E-state index contributed by atoms with van der Waals surface area (Å²) in [7, 11) is 0. The van der Waals surface area contributed by atoms with E-state index in [2.05, 4.69) is 10.4 Å². The van der Waals surface area contributed by atoms with Crippen LogP contribution in [0.5, 0.6) is 0 Å². The van der Waals surface area contributed by atoms with Crippen molar-refractivity contribution in [2.45, 2.75) is 37.9 Å². The molecule has 2 atom stereocenters. The van der Waals surface area contributed by atoms with Crippen LogP contribution in [-0.4, -0.2) is 27.2 Å². The van der Waals surface area contributed by atoms with Gasteiger partial charge in [0.2, 0.25) is 0 Å². The molecule has 1 amide bonds. The summed E-state index contributed by atoms with van der Waals surface area (Å²) in [5.41, 5.74) is 7.55. The minimum absolute atomic E-state index is 0.256. The van der Waals surface area contributed by atoms with Crippen LogP contribution in [-0.2, 0) is 0 Å². The predicted octanol–water partition coefficient (Wildman–Crippen LogP) is 4.45. The summed E-state index contributed by atoms with van der Waals surface area (Å²) in [4.78, 5) is 11.9. The molecule has 2 heterocycles. The minimum atomic E-state index is -1.33. The number of nitrogens with two attached hydrogens (primary N) is 1. The molecular weight excluding hydrogens is 367 g/mol. The van der Waals surface area contributed by atoms with Crippen molar-refractivity contribution in [2.75, 3.05) is 5.32 Å². The topological polar surface area (TPSA) is 72.4 Å². The normalized spacial score (nSPS) is 22.3. The Morgan fingerprint density at radius 2 is 2.11 bits per heavy atom. The van der Waals surface area contributed by atoms with E-state index in [1.165, 1.54) is 6.20 Å². The van der Waals surface area contributed by atoms with Crippen molar-refractivity contribution in [2.24, 2.45) is 5.73 Å². The van der Waals surface area contributed by atoms with Gasteiger partial charge in [-0.05, 0) is 49.9 Å². The Labute approximate surface area is 161 Å². The number of hydrogen-bond acceptors (Lipinski definition) is 3. The first-order chi connectivity index (χ1) is 12.8. The molecule has 0 aliphatic heterocycles. The summed E-state index contributed by atoms with van der Waals surface area (Å²) in [5.74, 6) is -0.597. The van der Waals surface area contributed by atoms with Gasteiger partial charge in [-0.15, -0.1) is 0 Å². The molecule has 2 aromatic heterocycles. The number of hydrogen-bond donors (Lipinski definition) is 2. The average Bonchev–Trinajstić information content (AvgIpc) is 3.19. The van der Waals surface area contributed by atoms with Crippen LogP contribution in [0, 0.1) is 0 Å². The molecule has 1 saturated carbocycles. The molecule has 4 rings (SSSR count). The first-order valence-corrected chi connectivity index (χ1v) is 9.25. The van der Waals surface area contributed by atoms with Crippen molar-refractivity contribution in [3.63, 3.8) is 0 Å². The molecule has 5 nitrogen and oxygen atoms in total.